The van der Waals surface area contributed by atoms with Gasteiger partial charge in [-0.3, -0.25) is 14.6 Å². The van der Waals surface area contributed by atoms with Gasteiger partial charge in [0.25, 0.3) is 5.91 Å². The van der Waals surface area contributed by atoms with Crippen LogP contribution in [-0.2, 0) is 11.2 Å². The maximum atomic E-state index is 12.4. The Kier molecular flexibility index (Phi) is 3.99. The lowest BCUT2D eigenvalue weighted by Crippen LogP contribution is -2.41. The number of carbonyl (C=O) groups is 2. The molecule has 1 amide bonds. The van der Waals surface area contributed by atoms with E-state index in [0.29, 0.717) is 18.7 Å². The zero-order valence-electron chi connectivity index (χ0n) is 17.6. The predicted molar refractivity (Wildman–Crippen MR) is 124 cm³/mol. The van der Waals surface area contributed by atoms with Crippen LogP contribution in [0, 0.1) is 0 Å². The molecular weight excluding hydrogens is 402 g/mol. The van der Waals surface area contributed by atoms with Crippen molar-refractivity contribution in [2.75, 3.05) is 11.4 Å². The van der Waals surface area contributed by atoms with Crippen LogP contribution in [0.25, 0.3) is 32.9 Å². The Balaban J connectivity index is 1.51. The molecule has 1 N–H and O–H groups in total. The standard InChI is InChI=1S/C26H21N3O3/c1-3-24(31)29-13-14(2)32-23-9-5-15(10-21(23)29)20-11-18-16(12-27-20)4-6-17-25-19(28-26(17)18)7-8-22(25)30/h3-6,9-12,14,28H,1,7-8,13H2,2H3. The van der Waals surface area contributed by atoms with Gasteiger partial charge in [0.05, 0.1) is 23.4 Å². The number of pyridine rings is 1. The summed E-state index contributed by atoms with van der Waals surface area (Å²) in [5, 5.41) is 3.01. The molecule has 1 atom stereocenters. The number of rotatable bonds is 2. The number of carbonyl (C=O) groups excluding carboxylic acids is 2. The normalized spacial score (nSPS) is 17.3. The van der Waals surface area contributed by atoms with Gasteiger partial charge in [0, 0.05) is 45.6 Å². The predicted octanol–water partition coefficient (Wildman–Crippen LogP) is 4.81. The van der Waals surface area contributed by atoms with Crippen molar-refractivity contribution in [3.05, 3.63) is 66.5 Å². The highest BCUT2D eigenvalue weighted by molar-refractivity contribution is 6.17. The molecule has 1 aliphatic carbocycles. The molecule has 4 aromatic rings. The molecule has 0 fully saturated rings. The van der Waals surface area contributed by atoms with Crippen LogP contribution >= 0.6 is 0 Å². The maximum absolute atomic E-state index is 12.4. The number of hydrogen-bond donors (Lipinski definition) is 1. The Morgan fingerprint density at radius 2 is 2.09 bits per heavy atom. The zero-order valence-corrected chi connectivity index (χ0v) is 17.6. The van der Waals surface area contributed by atoms with E-state index in [0.717, 1.165) is 56.3 Å². The molecule has 0 saturated carbocycles. The summed E-state index contributed by atoms with van der Waals surface area (Å²) in [6.45, 7) is 6.04. The molecule has 0 spiro atoms. The number of aryl methyl sites for hydroxylation is 1. The summed E-state index contributed by atoms with van der Waals surface area (Å²) >= 11 is 0. The fraction of sp³-hybridized carbons (Fsp3) is 0.192. The van der Waals surface area contributed by atoms with Gasteiger partial charge in [0.1, 0.15) is 11.9 Å². The third-order valence-corrected chi connectivity index (χ3v) is 6.38. The smallest absolute Gasteiger partial charge is 0.250 e. The van der Waals surface area contributed by atoms with Crippen molar-refractivity contribution < 1.29 is 14.3 Å². The number of ether oxygens (including phenoxy) is 1. The lowest BCUT2D eigenvalue weighted by molar-refractivity contribution is -0.114. The first-order valence-electron chi connectivity index (χ1n) is 10.7. The highest BCUT2D eigenvalue weighted by Gasteiger charge is 2.27. The Hall–Kier alpha value is -3.93. The van der Waals surface area contributed by atoms with Crippen molar-refractivity contribution in [1.82, 2.24) is 9.97 Å². The number of anilines is 1. The lowest BCUT2D eigenvalue weighted by Gasteiger charge is -2.33. The largest absolute Gasteiger partial charge is 0.487 e. The van der Waals surface area contributed by atoms with E-state index in [1.54, 1.807) is 4.90 Å². The Bertz CT molecular complexity index is 1470. The van der Waals surface area contributed by atoms with E-state index in [4.69, 9.17) is 4.74 Å². The number of nitrogens with zero attached hydrogens (tertiary/aromatic N) is 2. The molecule has 32 heavy (non-hydrogen) atoms. The summed E-state index contributed by atoms with van der Waals surface area (Å²) in [6, 6.07) is 11.9. The molecule has 0 bridgehead atoms. The second-order valence-corrected chi connectivity index (χ2v) is 8.44. The van der Waals surface area contributed by atoms with Gasteiger partial charge in [-0.05, 0) is 43.7 Å². The molecule has 1 unspecified atom stereocenters. The highest BCUT2D eigenvalue weighted by atomic mass is 16.5. The van der Waals surface area contributed by atoms with Crippen LogP contribution in [0.2, 0.25) is 0 Å². The minimum Gasteiger partial charge on any atom is -0.487 e. The van der Waals surface area contributed by atoms with E-state index in [1.165, 1.54) is 6.08 Å². The zero-order chi connectivity index (χ0) is 22.0. The number of amides is 1. The summed E-state index contributed by atoms with van der Waals surface area (Å²) in [7, 11) is 0. The summed E-state index contributed by atoms with van der Waals surface area (Å²) in [4.78, 5) is 34.6. The molecule has 2 aromatic carbocycles. The topological polar surface area (TPSA) is 75.3 Å². The van der Waals surface area contributed by atoms with Gasteiger partial charge in [-0.25, -0.2) is 0 Å². The number of Topliss-reactive ketones (excluding diaryl/α,β-unsaturated/α-hetero) is 1. The average Bonchev–Trinajstić information content (AvgIpc) is 3.37. The highest BCUT2D eigenvalue weighted by Crippen LogP contribution is 2.39. The molecule has 6 nitrogen and oxygen atoms in total. The fourth-order valence-electron chi connectivity index (χ4n) is 4.88. The van der Waals surface area contributed by atoms with Gasteiger partial charge in [-0.1, -0.05) is 18.7 Å². The first-order chi connectivity index (χ1) is 15.5. The fourth-order valence-corrected chi connectivity index (χ4v) is 4.88. The van der Waals surface area contributed by atoms with Crippen LogP contribution in [-0.4, -0.2) is 34.3 Å². The van der Waals surface area contributed by atoms with Crippen LogP contribution in [0.15, 0.2) is 55.3 Å². The molecule has 2 aromatic heterocycles. The van der Waals surface area contributed by atoms with Gasteiger partial charge < -0.3 is 14.6 Å². The first kappa shape index (κ1) is 18.8. The van der Waals surface area contributed by atoms with Crippen molar-refractivity contribution in [3.8, 4) is 17.0 Å². The van der Waals surface area contributed by atoms with Crippen LogP contribution < -0.4 is 9.64 Å². The number of aromatic amines is 1. The SMILES string of the molecule is C=CC(=O)N1CC(C)Oc2ccc(-c3cc4c(ccc5c6c([nH]c54)CCC6=O)cn3)cc21. The maximum Gasteiger partial charge on any atom is 0.250 e. The summed E-state index contributed by atoms with van der Waals surface area (Å²) in [5.41, 5.74) is 5.22. The van der Waals surface area contributed by atoms with Crippen LogP contribution in [0.4, 0.5) is 5.69 Å². The molecular formula is C26H21N3O3. The second-order valence-electron chi connectivity index (χ2n) is 8.44. The summed E-state index contributed by atoms with van der Waals surface area (Å²) in [6.07, 6.45) is 4.42. The molecule has 6 rings (SSSR count). The molecule has 2 aliphatic rings. The quantitative estimate of drug-likeness (QED) is 0.470. The Labute approximate surface area is 184 Å². The minimum absolute atomic E-state index is 0.0955. The molecule has 0 saturated heterocycles. The van der Waals surface area contributed by atoms with Gasteiger partial charge in [0.15, 0.2) is 5.78 Å². The second kappa shape index (κ2) is 6.79. The number of fused-ring (bicyclic) bond motifs is 6. The molecule has 0 radical (unpaired) electrons. The number of H-pyrrole nitrogens is 1. The number of nitrogens with one attached hydrogen (secondary N) is 1. The van der Waals surface area contributed by atoms with Crippen LogP contribution in [0.1, 0.15) is 29.4 Å². The van der Waals surface area contributed by atoms with Crippen molar-refractivity contribution in [2.45, 2.75) is 25.9 Å². The Morgan fingerprint density at radius 1 is 1.22 bits per heavy atom. The van der Waals surface area contributed by atoms with Crippen LogP contribution in [0.5, 0.6) is 5.75 Å². The minimum atomic E-state index is -0.155. The van der Waals surface area contributed by atoms with Gasteiger partial charge >= 0.3 is 0 Å². The molecule has 1 aliphatic heterocycles. The van der Waals surface area contributed by atoms with Gasteiger partial charge in [0.2, 0.25) is 0 Å². The van der Waals surface area contributed by atoms with Crippen molar-refractivity contribution >= 4 is 39.1 Å². The van der Waals surface area contributed by atoms with E-state index in [-0.39, 0.29) is 17.8 Å². The molecule has 158 valence electrons. The number of ketones is 1. The first-order valence-corrected chi connectivity index (χ1v) is 10.7. The van der Waals surface area contributed by atoms with Crippen molar-refractivity contribution in [2.24, 2.45) is 0 Å². The van der Waals surface area contributed by atoms with Gasteiger partial charge in [-0.15, -0.1) is 0 Å². The summed E-state index contributed by atoms with van der Waals surface area (Å²) < 4.78 is 5.93. The van der Waals surface area contributed by atoms with Gasteiger partial charge in [-0.2, -0.15) is 0 Å². The molecule has 6 heteroatoms. The van der Waals surface area contributed by atoms with Crippen molar-refractivity contribution in [1.29, 1.82) is 0 Å². The number of hydrogen-bond acceptors (Lipinski definition) is 4. The lowest BCUT2D eigenvalue weighted by atomic mass is 10.0. The number of benzene rings is 2. The third-order valence-electron chi connectivity index (χ3n) is 6.38. The number of aromatic nitrogens is 2. The summed E-state index contributed by atoms with van der Waals surface area (Å²) in [5.74, 6) is 0.721. The average molecular weight is 423 g/mol. The third kappa shape index (κ3) is 2.69. The van der Waals surface area contributed by atoms with E-state index in [2.05, 4.69) is 16.5 Å². The van der Waals surface area contributed by atoms with E-state index >= 15 is 0 Å². The Morgan fingerprint density at radius 3 is 2.94 bits per heavy atom. The monoisotopic (exact) mass is 423 g/mol. The van der Waals surface area contributed by atoms with E-state index in [1.807, 2.05) is 49.5 Å². The van der Waals surface area contributed by atoms with E-state index < -0.39 is 0 Å². The van der Waals surface area contributed by atoms with Crippen LogP contribution in [0.3, 0.4) is 0 Å². The van der Waals surface area contributed by atoms with Crippen molar-refractivity contribution in [3.63, 3.8) is 0 Å². The molecule has 3 heterocycles. The van der Waals surface area contributed by atoms with E-state index in [9.17, 15) is 9.59 Å².